The molecule has 1 aliphatic heterocycles. The number of nitrogens with zero attached hydrogens (tertiary/aromatic N) is 2. The molecule has 134 valence electrons. The Bertz CT molecular complexity index is 567. The average Bonchev–Trinajstić information content (AvgIpc) is 3.33. The van der Waals surface area contributed by atoms with Gasteiger partial charge in [-0.1, -0.05) is 13.3 Å². The Morgan fingerprint density at radius 1 is 1.42 bits per heavy atom. The van der Waals surface area contributed by atoms with Crippen LogP contribution in [0.1, 0.15) is 64.5 Å². The highest BCUT2D eigenvalue weighted by molar-refractivity contribution is 7.13. The van der Waals surface area contributed by atoms with Crippen molar-refractivity contribution in [1.82, 2.24) is 15.2 Å². The number of carbonyl (C=O) groups excluding carboxylic acids is 1. The van der Waals surface area contributed by atoms with Crippen molar-refractivity contribution in [3.63, 3.8) is 0 Å². The molecule has 0 unspecified atom stereocenters. The predicted octanol–water partition coefficient (Wildman–Crippen LogP) is 4.04. The summed E-state index contributed by atoms with van der Waals surface area (Å²) in [5.74, 6) is 1.42. The Morgan fingerprint density at radius 2 is 2.21 bits per heavy atom. The first-order valence-electron chi connectivity index (χ1n) is 9.23. The van der Waals surface area contributed by atoms with Crippen molar-refractivity contribution in [3.05, 3.63) is 11.1 Å². The Kier molecular flexibility index (Phi) is 5.45. The van der Waals surface area contributed by atoms with Crippen LogP contribution in [0.4, 0.5) is 9.93 Å². The molecular formula is C18H30N4OS. The summed E-state index contributed by atoms with van der Waals surface area (Å²) in [6.07, 6.45) is 6.31. The smallest absolute Gasteiger partial charge is 0.321 e. The highest BCUT2D eigenvalue weighted by Crippen LogP contribution is 2.40. The molecule has 1 aliphatic carbocycles. The molecule has 6 heteroatoms. The summed E-state index contributed by atoms with van der Waals surface area (Å²) in [5, 5.41) is 8.68. The van der Waals surface area contributed by atoms with Gasteiger partial charge in [-0.25, -0.2) is 9.78 Å². The van der Waals surface area contributed by atoms with Crippen molar-refractivity contribution < 1.29 is 4.79 Å². The van der Waals surface area contributed by atoms with E-state index in [1.807, 2.05) is 0 Å². The van der Waals surface area contributed by atoms with E-state index in [0.717, 1.165) is 24.7 Å². The lowest BCUT2D eigenvalue weighted by molar-refractivity contribution is 0.0669. The van der Waals surface area contributed by atoms with Crippen LogP contribution in [0.15, 0.2) is 5.38 Å². The number of hydrogen-bond acceptors (Lipinski definition) is 4. The van der Waals surface area contributed by atoms with Crippen LogP contribution in [0.25, 0.3) is 0 Å². The van der Waals surface area contributed by atoms with E-state index >= 15 is 0 Å². The number of piperidine rings is 1. The van der Waals surface area contributed by atoms with E-state index in [-0.39, 0.29) is 11.6 Å². The largest absolute Gasteiger partial charge is 0.336 e. The fourth-order valence-corrected chi connectivity index (χ4v) is 4.20. The van der Waals surface area contributed by atoms with Crippen LogP contribution in [0, 0.1) is 5.92 Å². The monoisotopic (exact) mass is 350 g/mol. The summed E-state index contributed by atoms with van der Waals surface area (Å²) in [7, 11) is 0. The van der Waals surface area contributed by atoms with Crippen LogP contribution in [0.3, 0.4) is 0 Å². The van der Waals surface area contributed by atoms with Crippen LogP contribution < -0.4 is 10.6 Å². The molecule has 2 fully saturated rings. The van der Waals surface area contributed by atoms with Crippen LogP contribution in [-0.2, 0) is 0 Å². The Balaban J connectivity index is 1.46. The van der Waals surface area contributed by atoms with Gasteiger partial charge in [0.1, 0.15) is 0 Å². The van der Waals surface area contributed by atoms with E-state index < -0.39 is 0 Å². The number of hydrogen-bond donors (Lipinski definition) is 2. The van der Waals surface area contributed by atoms with E-state index in [0.29, 0.717) is 17.6 Å². The molecule has 1 saturated heterocycles. The van der Waals surface area contributed by atoms with E-state index in [2.05, 4.69) is 46.7 Å². The molecule has 0 radical (unpaired) electrons. The third-order valence-corrected chi connectivity index (χ3v) is 6.15. The number of anilines is 1. The normalized spacial score (nSPS) is 22.4. The maximum atomic E-state index is 12.2. The zero-order valence-corrected chi connectivity index (χ0v) is 15.9. The first kappa shape index (κ1) is 17.7. The minimum Gasteiger partial charge on any atom is -0.336 e. The van der Waals surface area contributed by atoms with Crippen LogP contribution >= 0.6 is 11.3 Å². The number of thiazole rings is 1. The van der Waals surface area contributed by atoms with Crippen molar-refractivity contribution in [2.75, 3.05) is 25.0 Å². The van der Waals surface area contributed by atoms with Gasteiger partial charge in [0.05, 0.1) is 5.69 Å². The number of likely N-dealkylation sites (tertiary alicyclic amines) is 1. The zero-order valence-electron chi connectivity index (χ0n) is 15.1. The summed E-state index contributed by atoms with van der Waals surface area (Å²) in [6.45, 7) is 9.64. The molecule has 1 saturated carbocycles. The minimum atomic E-state index is -0.149. The molecule has 2 aliphatic rings. The van der Waals surface area contributed by atoms with Gasteiger partial charge in [0.25, 0.3) is 0 Å². The Hall–Kier alpha value is -1.14. The molecule has 1 atom stereocenters. The van der Waals surface area contributed by atoms with Crippen LogP contribution in [-0.4, -0.2) is 41.1 Å². The van der Waals surface area contributed by atoms with Gasteiger partial charge < -0.3 is 5.32 Å². The van der Waals surface area contributed by atoms with Gasteiger partial charge in [-0.15, -0.1) is 11.3 Å². The molecule has 5 nitrogen and oxygen atoms in total. The summed E-state index contributed by atoms with van der Waals surface area (Å²) >= 11 is 1.52. The van der Waals surface area contributed by atoms with E-state index in [4.69, 9.17) is 0 Å². The van der Waals surface area contributed by atoms with E-state index in [1.165, 1.54) is 43.4 Å². The molecule has 3 rings (SSSR count). The van der Waals surface area contributed by atoms with Crippen molar-refractivity contribution in [1.29, 1.82) is 0 Å². The van der Waals surface area contributed by atoms with E-state index in [1.54, 1.807) is 0 Å². The maximum absolute atomic E-state index is 12.2. The lowest BCUT2D eigenvalue weighted by Gasteiger charge is -2.43. The van der Waals surface area contributed by atoms with Crippen molar-refractivity contribution in [3.8, 4) is 0 Å². The summed E-state index contributed by atoms with van der Waals surface area (Å²) in [5.41, 5.74) is 1.11. The third-order valence-electron chi connectivity index (χ3n) is 5.37. The molecule has 2 amide bonds. The van der Waals surface area contributed by atoms with Crippen molar-refractivity contribution in [2.45, 2.75) is 64.3 Å². The van der Waals surface area contributed by atoms with Crippen LogP contribution in [0.5, 0.6) is 0 Å². The highest BCUT2D eigenvalue weighted by Gasteiger charge is 2.31. The molecule has 1 aromatic heterocycles. The summed E-state index contributed by atoms with van der Waals surface area (Å²) < 4.78 is 0. The first-order chi connectivity index (χ1) is 11.5. The zero-order chi connectivity index (χ0) is 17.2. The second-order valence-corrected chi connectivity index (χ2v) is 8.69. The molecule has 2 N–H and O–H groups in total. The first-order valence-corrected chi connectivity index (χ1v) is 10.1. The molecule has 1 aromatic rings. The molecule has 0 spiro atoms. The maximum Gasteiger partial charge on any atom is 0.321 e. The Labute approximate surface area is 149 Å². The van der Waals surface area contributed by atoms with Crippen LogP contribution in [0.2, 0.25) is 0 Å². The number of nitrogens with one attached hydrogen (secondary N) is 2. The Morgan fingerprint density at radius 3 is 2.92 bits per heavy atom. The van der Waals surface area contributed by atoms with Gasteiger partial charge in [0.15, 0.2) is 5.13 Å². The molecule has 24 heavy (non-hydrogen) atoms. The predicted molar refractivity (Wildman–Crippen MR) is 99.8 cm³/mol. The average molecular weight is 351 g/mol. The number of rotatable bonds is 6. The van der Waals surface area contributed by atoms with Gasteiger partial charge in [-0.3, -0.25) is 10.2 Å². The van der Waals surface area contributed by atoms with Gasteiger partial charge in [0.2, 0.25) is 0 Å². The molecule has 0 bridgehead atoms. The fourth-order valence-electron chi connectivity index (χ4n) is 3.41. The lowest BCUT2D eigenvalue weighted by Crippen LogP contribution is -2.55. The number of urea groups is 1. The molecule has 2 heterocycles. The standard InChI is InChI=1S/C18H30N4OS/c1-4-13-6-5-9-22(10-13)18(2,3)12-19-16(23)21-17-20-15(11-24-17)14-7-8-14/h11,13-14H,4-10,12H2,1-3H3,(H2,19,20,21,23)/t13-/m0/s1. The molecular weight excluding hydrogens is 320 g/mol. The second kappa shape index (κ2) is 7.40. The van der Waals surface area contributed by atoms with E-state index in [9.17, 15) is 4.79 Å². The summed E-state index contributed by atoms with van der Waals surface area (Å²) in [4.78, 5) is 19.2. The molecule has 0 aromatic carbocycles. The number of amides is 2. The van der Waals surface area contributed by atoms with Gasteiger partial charge >= 0.3 is 6.03 Å². The number of aromatic nitrogens is 1. The van der Waals surface area contributed by atoms with Gasteiger partial charge in [-0.05, 0) is 52.0 Å². The SMILES string of the molecule is CC[C@H]1CCCN(C(C)(C)CNC(=O)Nc2nc(C3CC3)cs2)C1. The second-order valence-electron chi connectivity index (χ2n) is 7.83. The quantitative estimate of drug-likeness (QED) is 0.814. The number of carbonyl (C=O) groups is 1. The summed E-state index contributed by atoms with van der Waals surface area (Å²) in [6, 6.07) is -0.149. The lowest BCUT2D eigenvalue weighted by atomic mass is 9.91. The highest BCUT2D eigenvalue weighted by atomic mass is 32.1. The minimum absolute atomic E-state index is 0.0206. The van der Waals surface area contributed by atoms with Crippen molar-refractivity contribution >= 4 is 22.5 Å². The third kappa shape index (κ3) is 4.48. The van der Waals surface area contributed by atoms with Gasteiger partial charge in [-0.2, -0.15) is 0 Å². The fraction of sp³-hybridized carbons (Fsp3) is 0.778. The van der Waals surface area contributed by atoms with Gasteiger partial charge in [0, 0.05) is 29.9 Å². The topological polar surface area (TPSA) is 57.3 Å². The van der Waals surface area contributed by atoms with Crippen molar-refractivity contribution in [2.24, 2.45) is 5.92 Å².